The summed E-state index contributed by atoms with van der Waals surface area (Å²) >= 11 is 0. The van der Waals surface area contributed by atoms with Gasteiger partial charge in [0.2, 0.25) is 5.82 Å². The molecule has 0 N–H and O–H groups in total. The number of aryl methyl sites for hydroxylation is 2. The van der Waals surface area contributed by atoms with Crippen molar-refractivity contribution in [2.75, 3.05) is 0 Å². The van der Waals surface area contributed by atoms with Gasteiger partial charge in [-0.1, -0.05) is 43.3 Å². The average molecular weight is 334 g/mol. The molecule has 0 radical (unpaired) electrons. The van der Waals surface area contributed by atoms with Crippen molar-refractivity contribution < 1.29 is 17.9 Å². The van der Waals surface area contributed by atoms with E-state index >= 15 is 0 Å². The highest BCUT2D eigenvalue weighted by Gasteiger charge is 2.13. The summed E-state index contributed by atoms with van der Waals surface area (Å²) in [6, 6.07) is 10.6. The highest BCUT2D eigenvalue weighted by atomic mass is 19.2. The van der Waals surface area contributed by atoms with Gasteiger partial charge in [-0.3, -0.25) is 0 Å². The van der Waals surface area contributed by atoms with Crippen molar-refractivity contribution in [3.8, 4) is 5.75 Å². The van der Waals surface area contributed by atoms with Gasteiger partial charge in [0.05, 0.1) is 5.83 Å². The lowest BCUT2D eigenvalue weighted by Gasteiger charge is -2.10. The van der Waals surface area contributed by atoms with Crippen molar-refractivity contribution in [2.45, 2.75) is 39.7 Å². The van der Waals surface area contributed by atoms with Crippen LogP contribution in [0.5, 0.6) is 5.75 Å². The summed E-state index contributed by atoms with van der Waals surface area (Å²) in [4.78, 5) is 0. The van der Waals surface area contributed by atoms with Crippen LogP contribution in [-0.2, 0) is 19.4 Å². The molecule has 1 nitrogen and oxygen atoms in total. The third-order valence-electron chi connectivity index (χ3n) is 3.78. The molecule has 0 saturated carbocycles. The van der Waals surface area contributed by atoms with Crippen LogP contribution in [-0.4, -0.2) is 0 Å². The molecule has 2 aromatic carbocycles. The molecular formula is C20H21F3O. The Hall–Kier alpha value is -2.23. The smallest absolute Gasteiger partial charge is 0.200 e. The molecule has 0 fully saturated rings. The predicted octanol–water partition coefficient (Wildman–Crippen LogP) is 5.91. The van der Waals surface area contributed by atoms with E-state index in [0.717, 1.165) is 17.5 Å². The van der Waals surface area contributed by atoms with Gasteiger partial charge in [0, 0.05) is 0 Å². The lowest BCUT2D eigenvalue weighted by Crippen LogP contribution is -2.01. The standard InChI is InChI=1S/C20H21F3O/c1-3-17-11-12-18(20(23)19(17)22)24-13-16-9-7-15(8-10-16)6-4-5-14(2)21/h5,7-12H,3-4,6,13H2,1-2H3/b14-5-. The van der Waals surface area contributed by atoms with Crippen LogP contribution in [0.4, 0.5) is 13.2 Å². The van der Waals surface area contributed by atoms with Gasteiger partial charge < -0.3 is 4.74 Å². The van der Waals surface area contributed by atoms with Crippen LogP contribution >= 0.6 is 0 Å². The summed E-state index contributed by atoms with van der Waals surface area (Å²) in [5.41, 5.74) is 2.28. The van der Waals surface area contributed by atoms with Gasteiger partial charge in [0.15, 0.2) is 11.6 Å². The monoisotopic (exact) mass is 334 g/mol. The van der Waals surface area contributed by atoms with Crippen molar-refractivity contribution in [2.24, 2.45) is 0 Å². The Morgan fingerprint density at radius 1 is 1.00 bits per heavy atom. The van der Waals surface area contributed by atoms with Crippen LogP contribution in [0.15, 0.2) is 48.3 Å². The molecule has 0 aliphatic heterocycles. The zero-order valence-electron chi connectivity index (χ0n) is 13.9. The molecule has 0 atom stereocenters. The maximum Gasteiger partial charge on any atom is 0.200 e. The fraction of sp³-hybridized carbons (Fsp3) is 0.300. The first-order chi connectivity index (χ1) is 11.5. The first kappa shape index (κ1) is 18.1. The minimum atomic E-state index is -0.945. The van der Waals surface area contributed by atoms with E-state index in [1.54, 1.807) is 13.0 Å². The van der Waals surface area contributed by atoms with Crippen LogP contribution in [0.2, 0.25) is 0 Å². The van der Waals surface area contributed by atoms with E-state index in [4.69, 9.17) is 4.74 Å². The molecule has 0 aromatic heterocycles. The molecular weight excluding hydrogens is 313 g/mol. The first-order valence-electron chi connectivity index (χ1n) is 8.01. The fourth-order valence-corrected chi connectivity index (χ4v) is 2.36. The van der Waals surface area contributed by atoms with Crippen molar-refractivity contribution in [3.63, 3.8) is 0 Å². The van der Waals surface area contributed by atoms with Gasteiger partial charge in [-0.25, -0.2) is 8.78 Å². The molecule has 0 heterocycles. The van der Waals surface area contributed by atoms with Crippen LogP contribution < -0.4 is 4.74 Å². The third kappa shape index (κ3) is 4.88. The number of halogens is 3. The predicted molar refractivity (Wildman–Crippen MR) is 89.7 cm³/mol. The zero-order valence-corrected chi connectivity index (χ0v) is 13.9. The second-order valence-corrected chi connectivity index (χ2v) is 5.64. The minimum absolute atomic E-state index is 0.0858. The van der Waals surface area contributed by atoms with E-state index < -0.39 is 11.6 Å². The van der Waals surface area contributed by atoms with Gasteiger partial charge in [0.25, 0.3) is 0 Å². The lowest BCUT2D eigenvalue weighted by atomic mass is 10.1. The summed E-state index contributed by atoms with van der Waals surface area (Å²) in [6.07, 6.45) is 3.38. The molecule has 0 aliphatic rings. The Balaban J connectivity index is 1.95. The van der Waals surface area contributed by atoms with Gasteiger partial charge in [-0.15, -0.1) is 0 Å². The molecule has 0 bridgehead atoms. The summed E-state index contributed by atoms with van der Waals surface area (Å²) in [5.74, 6) is -2.05. The number of rotatable bonds is 7. The Morgan fingerprint density at radius 3 is 2.29 bits per heavy atom. The molecule has 4 heteroatoms. The third-order valence-corrected chi connectivity index (χ3v) is 3.78. The number of hydrogen-bond donors (Lipinski definition) is 0. The largest absolute Gasteiger partial charge is 0.486 e. The number of allylic oxidation sites excluding steroid dienone is 2. The van der Waals surface area contributed by atoms with Gasteiger partial charge in [-0.05, 0) is 48.9 Å². The summed E-state index contributed by atoms with van der Waals surface area (Å²) < 4.78 is 45.6. The Morgan fingerprint density at radius 2 is 1.67 bits per heavy atom. The quantitative estimate of drug-likeness (QED) is 0.611. The minimum Gasteiger partial charge on any atom is -0.486 e. The number of benzene rings is 2. The normalized spacial score (nSPS) is 11.6. The van der Waals surface area contributed by atoms with Crippen molar-refractivity contribution >= 4 is 0 Å². The topological polar surface area (TPSA) is 9.23 Å². The van der Waals surface area contributed by atoms with Crippen LogP contribution in [0, 0.1) is 11.6 Å². The maximum atomic E-state index is 13.9. The maximum absolute atomic E-state index is 13.9. The van der Waals surface area contributed by atoms with E-state index in [1.165, 1.54) is 19.1 Å². The van der Waals surface area contributed by atoms with E-state index in [-0.39, 0.29) is 18.2 Å². The summed E-state index contributed by atoms with van der Waals surface area (Å²) in [5, 5.41) is 0. The van der Waals surface area contributed by atoms with Gasteiger partial charge in [0.1, 0.15) is 6.61 Å². The van der Waals surface area contributed by atoms with Crippen molar-refractivity contribution in [1.82, 2.24) is 0 Å². The zero-order chi connectivity index (χ0) is 17.5. The Labute approximate surface area is 140 Å². The fourth-order valence-electron chi connectivity index (χ4n) is 2.36. The van der Waals surface area contributed by atoms with Gasteiger partial charge in [-0.2, -0.15) is 4.39 Å². The Bertz CT molecular complexity index is 702. The first-order valence-corrected chi connectivity index (χ1v) is 8.01. The molecule has 0 spiro atoms. The molecule has 2 aromatic rings. The van der Waals surface area contributed by atoms with Crippen LogP contribution in [0.3, 0.4) is 0 Å². The van der Waals surface area contributed by atoms with Crippen molar-refractivity contribution in [1.29, 1.82) is 0 Å². The van der Waals surface area contributed by atoms with E-state index in [9.17, 15) is 13.2 Å². The SMILES string of the molecule is CCc1ccc(OCc2ccc(CC/C=C(/C)F)cc2)c(F)c1F. The molecule has 2 rings (SSSR count). The number of ether oxygens (including phenoxy) is 1. The molecule has 0 unspecified atom stereocenters. The Kier molecular flexibility index (Phi) is 6.47. The summed E-state index contributed by atoms with van der Waals surface area (Å²) in [7, 11) is 0. The van der Waals surface area contributed by atoms with Crippen LogP contribution in [0.25, 0.3) is 0 Å². The second-order valence-electron chi connectivity index (χ2n) is 5.64. The molecule has 24 heavy (non-hydrogen) atoms. The highest BCUT2D eigenvalue weighted by molar-refractivity contribution is 5.31. The average Bonchev–Trinajstić information content (AvgIpc) is 2.57. The van der Waals surface area contributed by atoms with E-state index in [2.05, 4.69) is 0 Å². The summed E-state index contributed by atoms with van der Waals surface area (Å²) in [6.45, 7) is 3.35. The molecule has 0 amide bonds. The van der Waals surface area contributed by atoms with E-state index in [1.807, 2.05) is 24.3 Å². The molecule has 128 valence electrons. The number of hydrogen-bond acceptors (Lipinski definition) is 1. The van der Waals surface area contributed by atoms with Crippen molar-refractivity contribution in [3.05, 3.63) is 76.6 Å². The second kappa shape index (κ2) is 8.57. The molecule has 0 saturated heterocycles. The highest BCUT2D eigenvalue weighted by Crippen LogP contribution is 2.24. The van der Waals surface area contributed by atoms with Gasteiger partial charge >= 0.3 is 0 Å². The van der Waals surface area contributed by atoms with Crippen LogP contribution in [0.1, 0.15) is 37.0 Å². The van der Waals surface area contributed by atoms with E-state index in [0.29, 0.717) is 18.4 Å². The lowest BCUT2D eigenvalue weighted by molar-refractivity contribution is 0.284. The molecule has 0 aliphatic carbocycles.